The number of nitro groups is 1. The highest BCUT2D eigenvalue weighted by Gasteiger charge is 2.10. The van der Waals surface area contributed by atoms with Gasteiger partial charge < -0.3 is 5.32 Å². The molecule has 1 heterocycles. The van der Waals surface area contributed by atoms with Crippen molar-refractivity contribution in [2.24, 2.45) is 0 Å². The SMILES string of the molecule is CC(C)c1ccc(NC(=O)CSc2ccc(-c3cccc([N+](=O)[O-])c3)nn2)cc1. The van der Waals surface area contributed by atoms with Gasteiger partial charge in [-0.05, 0) is 35.7 Å². The quantitative estimate of drug-likeness (QED) is 0.339. The van der Waals surface area contributed by atoms with Crippen LogP contribution < -0.4 is 5.32 Å². The van der Waals surface area contributed by atoms with Gasteiger partial charge in [0.05, 0.1) is 16.4 Å². The second-order valence-corrected chi connectivity index (χ2v) is 7.67. The molecule has 0 aliphatic carbocycles. The van der Waals surface area contributed by atoms with Crippen LogP contribution in [-0.4, -0.2) is 26.8 Å². The largest absolute Gasteiger partial charge is 0.325 e. The molecule has 0 radical (unpaired) electrons. The van der Waals surface area contributed by atoms with E-state index in [0.29, 0.717) is 22.2 Å². The van der Waals surface area contributed by atoms with E-state index in [1.165, 1.54) is 29.5 Å². The van der Waals surface area contributed by atoms with Gasteiger partial charge in [0.1, 0.15) is 5.03 Å². The van der Waals surface area contributed by atoms with Gasteiger partial charge in [0.15, 0.2) is 0 Å². The number of nitrogens with zero attached hydrogens (tertiary/aromatic N) is 3. The van der Waals surface area contributed by atoms with Crippen LogP contribution in [0.5, 0.6) is 0 Å². The summed E-state index contributed by atoms with van der Waals surface area (Å²) in [6.45, 7) is 4.24. The fraction of sp³-hybridized carbons (Fsp3) is 0.190. The van der Waals surface area contributed by atoms with E-state index in [2.05, 4.69) is 29.4 Å². The smallest absolute Gasteiger partial charge is 0.270 e. The highest BCUT2D eigenvalue weighted by Crippen LogP contribution is 2.23. The van der Waals surface area contributed by atoms with Crippen LogP contribution in [-0.2, 0) is 4.79 Å². The summed E-state index contributed by atoms with van der Waals surface area (Å²) in [5, 5.41) is 22.6. The second kappa shape index (κ2) is 9.29. The van der Waals surface area contributed by atoms with E-state index in [1.54, 1.807) is 24.3 Å². The van der Waals surface area contributed by atoms with Crippen LogP contribution in [0.25, 0.3) is 11.3 Å². The van der Waals surface area contributed by atoms with E-state index < -0.39 is 4.92 Å². The highest BCUT2D eigenvalue weighted by atomic mass is 32.2. The molecule has 2 aromatic carbocycles. The van der Waals surface area contributed by atoms with Crippen molar-refractivity contribution < 1.29 is 9.72 Å². The summed E-state index contributed by atoms with van der Waals surface area (Å²) in [5.41, 5.74) is 3.13. The molecule has 0 atom stereocenters. The van der Waals surface area contributed by atoms with Gasteiger partial charge in [-0.2, -0.15) is 0 Å². The van der Waals surface area contributed by atoms with Crippen molar-refractivity contribution in [3.8, 4) is 11.3 Å². The standard InChI is InChI=1S/C21H20N4O3S/c1-14(2)15-6-8-17(9-7-15)22-20(26)13-29-21-11-10-19(23-24-21)16-4-3-5-18(12-16)25(27)28/h3-12,14H,13H2,1-2H3,(H,22,26). The molecule has 0 spiro atoms. The Hall–Kier alpha value is -3.26. The van der Waals surface area contributed by atoms with Crippen LogP contribution >= 0.6 is 11.8 Å². The Morgan fingerprint density at radius 2 is 1.86 bits per heavy atom. The summed E-state index contributed by atoms with van der Waals surface area (Å²) in [4.78, 5) is 22.6. The lowest BCUT2D eigenvalue weighted by molar-refractivity contribution is -0.384. The van der Waals surface area contributed by atoms with E-state index in [4.69, 9.17) is 0 Å². The first-order chi connectivity index (χ1) is 13.9. The first-order valence-electron chi connectivity index (χ1n) is 9.03. The molecule has 0 saturated carbocycles. The third-order valence-electron chi connectivity index (χ3n) is 4.21. The van der Waals surface area contributed by atoms with Crippen molar-refractivity contribution in [2.75, 3.05) is 11.1 Å². The van der Waals surface area contributed by atoms with E-state index in [-0.39, 0.29) is 17.3 Å². The lowest BCUT2D eigenvalue weighted by Gasteiger charge is -2.08. The molecule has 3 aromatic rings. The average molecular weight is 408 g/mol. The summed E-state index contributed by atoms with van der Waals surface area (Å²) in [5.74, 6) is 0.521. The van der Waals surface area contributed by atoms with Crippen molar-refractivity contribution in [1.82, 2.24) is 10.2 Å². The number of hydrogen-bond acceptors (Lipinski definition) is 6. The van der Waals surface area contributed by atoms with E-state index in [1.807, 2.05) is 24.3 Å². The third-order valence-corrected chi connectivity index (χ3v) is 5.13. The van der Waals surface area contributed by atoms with E-state index in [0.717, 1.165) is 5.69 Å². The minimum atomic E-state index is -0.448. The number of carbonyl (C=O) groups excluding carboxylic acids is 1. The maximum Gasteiger partial charge on any atom is 0.270 e. The van der Waals surface area contributed by atoms with Crippen LogP contribution in [0.15, 0.2) is 65.7 Å². The van der Waals surface area contributed by atoms with Crippen molar-refractivity contribution in [1.29, 1.82) is 0 Å². The molecular weight excluding hydrogens is 388 g/mol. The first kappa shape index (κ1) is 20.5. The maximum absolute atomic E-state index is 12.2. The maximum atomic E-state index is 12.2. The van der Waals surface area contributed by atoms with Gasteiger partial charge in [-0.3, -0.25) is 14.9 Å². The molecule has 1 amide bonds. The Labute approximate surface area is 172 Å². The zero-order chi connectivity index (χ0) is 20.8. The summed E-state index contributed by atoms with van der Waals surface area (Å²) < 4.78 is 0. The molecule has 0 aliphatic rings. The normalized spacial score (nSPS) is 10.7. The number of hydrogen-bond donors (Lipinski definition) is 1. The molecule has 0 unspecified atom stereocenters. The van der Waals surface area contributed by atoms with Crippen LogP contribution in [0, 0.1) is 10.1 Å². The number of thioether (sulfide) groups is 1. The number of carbonyl (C=O) groups is 1. The highest BCUT2D eigenvalue weighted by molar-refractivity contribution is 7.99. The van der Waals surface area contributed by atoms with Crippen LogP contribution in [0.1, 0.15) is 25.3 Å². The molecule has 29 heavy (non-hydrogen) atoms. The Bertz CT molecular complexity index is 1010. The molecule has 8 heteroatoms. The zero-order valence-electron chi connectivity index (χ0n) is 16.0. The molecule has 1 N–H and O–H groups in total. The number of amides is 1. The minimum Gasteiger partial charge on any atom is -0.325 e. The Morgan fingerprint density at radius 1 is 1.10 bits per heavy atom. The monoisotopic (exact) mass is 408 g/mol. The van der Waals surface area contributed by atoms with Crippen molar-refractivity contribution >= 4 is 29.0 Å². The fourth-order valence-electron chi connectivity index (χ4n) is 2.62. The van der Waals surface area contributed by atoms with Gasteiger partial charge >= 0.3 is 0 Å². The zero-order valence-corrected chi connectivity index (χ0v) is 16.8. The molecule has 1 aromatic heterocycles. The second-order valence-electron chi connectivity index (χ2n) is 6.68. The van der Waals surface area contributed by atoms with Gasteiger partial charge in [0.25, 0.3) is 5.69 Å². The molecule has 148 valence electrons. The third kappa shape index (κ3) is 5.61. The van der Waals surface area contributed by atoms with Crippen LogP contribution in [0.3, 0.4) is 0 Å². The van der Waals surface area contributed by atoms with Gasteiger partial charge in [0, 0.05) is 23.4 Å². The van der Waals surface area contributed by atoms with Crippen LogP contribution in [0.2, 0.25) is 0 Å². The number of anilines is 1. The molecule has 0 aliphatic heterocycles. The lowest BCUT2D eigenvalue weighted by atomic mass is 10.0. The Kier molecular flexibility index (Phi) is 6.56. The van der Waals surface area contributed by atoms with E-state index >= 15 is 0 Å². The molecule has 0 saturated heterocycles. The minimum absolute atomic E-state index is 0.000787. The molecule has 3 rings (SSSR count). The lowest BCUT2D eigenvalue weighted by Crippen LogP contribution is -2.14. The van der Waals surface area contributed by atoms with Crippen LogP contribution in [0.4, 0.5) is 11.4 Å². The number of nitro benzene ring substituents is 1. The van der Waals surface area contributed by atoms with Gasteiger partial charge in [-0.25, -0.2) is 0 Å². The molecule has 0 bridgehead atoms. The van der Waals surface area contributed by atoms with Crippen molar-refractivity contribution in [3.05, 3.63) is 76.3 Å². The van der Waals surface area contributed by atoms with Gasteiger partial charge in [0.2, 0.25) is 5.91 Å². The number of benzene rings is 2. The first-order valence-corrected chi connectivity index (χ1v) is 10.0. The summed E-state index contributed by atoms with van der Waals surface area (Å²) in [6, 6.07) is 17.5. The van der Waals surface area contributed by atoms with Crippen molar-refractivity contribution in [3.63, 3.8) is 0 Å². The predicted molar refractivity (Wildman–Crippen MR) is 114 cm³/mol. The number of aromatic nitrogens is 2. The summed E-state index contributed by atoms with van der Waals surface area (Å²) in [6.07, 6.45) is 0. The summed E-state index contributed by atoms with van der Waals surface area (Å²) in [7, 11) is 0. The van der Waals surface area contributed by atoms with Crippen molar-refractivity contribution in [2.45, 2.75) is 24.8 Å². The number of rotatable bonds is 7. The predicted octanol–water partition coefficient (Wildman–Crippen LogP) is 4.91. The number of non-ortho nitro benzene ring substituents is 1. The molecule has 0 fully saturated rings. The van der Waals surface area contributed by atoms with E-state index in [9.17, 15) is 14.9 Å². The topological polar surface area (TPSA) is 98.0 Å². The average Bonchev–Trinajstić information content (AvgIpc) is 2.73. The summed E-state index contributed by atoms with van der Waals surface area (Å²) >= 11 is 1.27. The number of nitrogens with one attached hydrogen (secondary N) is 1. The van der Waals surface area contributed by atoms with Gasteiger partial charge in [-0.15, -0.1) is 10.2 Å². The van der Waals surface area contributed by atoms with Gasteiger partial charge in [-0.1, -0.05) is 49.9 Å². The fourth-order valence-corrected chi connectivity index (χ4v) is 3.23. The molecule has 7 nitrogen and oxygen atoms in total. The molecular formula is C21H20N4O3S. The Balaban J connectivity index is 1.56. The Morgan fingerprint density at radius 3 is 2.48 bits per heavy atom.